The molecule has 2 heteroatoms. The van der Waals surface area contributed by atoms with Crippen LogP contribution < -0.4 is 0 Å². The molecule has 0 N–H and O–H groups in total. The van der Waals surface area contributed by atoms with E-state index < -0.39 is 131 Å². The van der Waals surface area contributed by atoms with E-state index in [0.717, 1.165) is 104 Å². The van der Waals surface area contributed by atoms with Crippen molar-refractivity contribution in [1.82, 2.24) is 0 Å². The van der Waals surface area contributed by atoms with Gasteiger partial charge in [0.05, 0.1) is 31.5 Å². The topological polar surface area (TPSA) is 26.3 Å². The largest absolute Gasteiger partial charge is 0.456 e. The van der Waals surface area contributed by atoms with Crippen molar-refractivity contribution >= 4 is 152 Å². The van der Waals surface area contributed by atoms with Crippen LogP contribution in [0.3, 0.4) is 0 Å². The second-order valence-electron chi connectivity index (χ2n) is 25.4. The maximum atomic E-state index is 9.53. The monoisotopic (exact) mass is 1320 g/mol. The average Bonchev–Trinajstić information content (AvgIpc) is 1.18. The molecule has 0 atom stereocenters. The maximum Gasteiger partial charge on any atom is 0.136 e. The summed E-state index contributed by atoms with van der Waals surface area (Å²) >= 11 is 0. The molecule has 0 fully saturated rings. The van der Waals surface area contributed by atoms with E-state index in [9.17, 15) is 12.3 Å². The summed E-state index contributed by atoms with van der Waals surface area (Å²) in [5.74, 6) is 0. The number of hydrogen-bond donors (Lipinski definition) is 0. The molecule has 0 unspecified atom stereocenters. The van der Waals surface area contributed by atoms with Crippen molar-refractivity contribution in [3.63, 3.8) is 0 Å². The molecule has 20 aromatic carbocycles. The van der Waals surface area contributed by atoms with Gasteiger partial charge in [0, 0.05) is 21.5 Å². The van der Waals surface area contributed by atoms with Gasteiger partial charge in [-0.2, -0.15) is 0 Å². The fraction of sp³-hybridized carbons (Fsp3) is 0. The third kappa shape index (κ3) is 9.00. The van der Waals surface area contributed by atoms with Crippen molar-refractivity contribution in [2.45, 2.75) is 0 Å². The highest BCUT2D eigenvalue weighted by Crippen LogP contribution is 2.51. The molecule has 2 aromatic heterocycles. The summed E-state index contributed by atoms with van der Waals surface area (Å²) in [7, 11) is 0. The minimum absolute atomic E-state index is 0.0334. The molecule has 22 aromatic rings. The molecule has 0 amide bonds. The van der Waals surface area contributed by atoms with Gasteiger partial charge in [-0.25, -0.2) is 0 Å². The molecule has 2 heterocycles. The lowest BCUT2D eigenvalue weighted by Crippen LogP contribution is -1.93. The molecule has 0 bridgehead atoms. The molecule has 0 aliphatic carbocycles. The Balaban J connectivity index is 0.000000154. The van der Waals surface area contributed by atoms with Gasteiger partial charge in [-0.05, 0) is 217 Å². The van der Waals surface area contributed by atoms with Crippen LogP contribution in [0.2, 0.25) is 0 Å². The summed E-state index contributed by atoms with van der Waals surface area (Å²) < 4.78 is 222. The third-order valence-electron chi connectivity index (χ3n) is 20.1. The fourth-order valence-electron chi connectivity index (χ4n) is 15.6. The molecule has 0 saturated heterocycles. The summed E-state index contributed by atoms with van der Waals surface area (Å²) in [6, 6.07) is 59.5. The Morgan fingerprint density at radius 2 is 0.520 bits per heavy atom. The van der Waals surface area contributed by atoms with Crippen LogP contribution in [-0.4, -0.2) is 0 Å². The smallest absolute Gasteiger partial charge is 0.136 e. The summed E-state index contributed by atoms with van der Waals surface area (Å²) in [6.07, 6.45) is 0. The van der Waals surface area contributed by atoms with Crippen molar-refractivity contribution in [2.24, 2.45) is 0 Å². The normalized spacial score (nSPS) is 15.1. The molecule has 472 valence electrons. The first-order valence-corrected chi connectivity index (χ1v) is 33.3. The molecule has 2 nitrogen and oxygen atoms in total. The number of hydrogen-bond acceptors (Lipinski definition) is 2. The summed E-state index contributed by atoms with van der Waals surface area (Å²) in [5.41, 5.74) is 7.72. The Labute approximate surface area is 619 Å². The van der Waals surface area contributed by atoms with Gasteiger partial charge >= 0.3 is 0 Å². The molecule has 0 aliphatic heterocycles. The highest BCUT2D eigenvalue weighted by atomic mass is 16.3. The van der Waals surface area contributed by atoms with E-state index in [4.69, 9.17) is 28.0 Å². The predicted molar refractivity (Wildman–Crippen MR) is 435 cm³/mol. The van der Waals surface area contributed by atoms with Crippen LogP contribution in [0.4, 0.5) is 0 Å². The Kier molecular flexibility index (Phi) is 8.90. The van der Waals surface area contributed by atoms with Gasteiger partial charge < -0.3 is 8.83 Å². The summed E-state index contributed by atoms with van der Waals surface area (Å²) in [4.78, 5) is 0. The van der Waals surface area contributed by atoms with Crippen molar-refractivity contribution in [3.05, 3.63) is 363 Å². The van der Waals surface area contributed by atoms with Crippen LogP contribution >= 0.6 is 0 Å². The Morgan fingerprint density at radius 3 is 0.990 bits per heavy atom. The average molecular weight is 1320 g/mol. The third-order valence-corrected chi connectivity index (χ3v) is 20.1. The second kappa shape index (κ2) is 23.1. The molecule has 0 saturated carbocycles. The van der Waals surface area contributed by atoms with Gasteiger partial charge in [0.2, 0.25) is 0 Å². The van der Waals surface area contributed by atoms with E-state index in [1.165, 1.54) is 0 Å². The van der Waals surface area contributed by atoms with Crippen molar-refractivity contribution < 1.29 is 40.4 Å². The van der Waals surface area contributed by atoms with Gasteiger partial charge in [-0.3, -0.25) is 0 Å². The summed E-state index contributed by atoms with van der Waals surface area (Å²) in [6.45, 7) is 0. The minimum Gasteiger partial charge on any atom is -0.456 e. The van der Waals surface area contributed by atoms with E-state index in [-0.39, 0.29) is 78.4 Å². The highest BCUT2D eigenvalue weighted by Gasteiger charge is 2.24. The van der Waals surface area contributed by atoms with Crippen LogP contribution in [0.5, 0.6) is 0 Å². The molecule has 22 rings (SSSR count). The zero-order valence-corrected chi connectivity index (χ0v) is 53.7. The summed E-state index contributed by atoms with van der Waals surface area (Å²) in [5, 5.41) is 12.0. The van der Waals surface area contributed by atoms with Crippen LogP contribution in [0, 0.1) is 0 Å². The quantitative estimate of drug-likeness (QED) is 0.155. The van der Waals surface area contributed by atoms with E-state index in [1.807, 2.05) is 176 Å². The van der Waals surface area contributed by atoms with Crippen molar-refractivity contribution in [2.75, 3.05) is 0 Å². The minimum atomic E-state index is -0.759. The first-order chi connectivity index (χ1) is 60.2. The molecule has 0 spiro atoms. The van der Waals surface area contributed by atoms with Gasteiger partial charge in [0.25, 0.3) is 0 Å². The fourth-order valence-corrected chi connectivity index (χ4v) is 15.6. The molecule has 0 aliphatic rings. The first-order valence-electron chi connectivity index (χ1n) is 44.8. The Bertz CT molecular complexity index is 8560. The predicted octanol–water partition coefficient (Wildman–Crippen LogP) is 28.7. The zero-order chi connectivity index (χ0) is 87.0. The number of benzene rings is 20. The zero-order valence-electron chi connectivity index (χ0n) is 76.7. The van der Waals surface area contributed by atoms with E-state index in [0.29, 0.717) is 44.2 Å². The Hall–Kier alpha value is -13.4. The highest BCUT2D eigenvalue weighted by molar-refractivity contribution is 6.28. The lowest BCUT2D eigenvalue weighted by atomic mass is 9.83. The molecule has 0 radical (unpaired) electrons. The Morgan fingerprint density at radius 1 is 0.176 bits per heavy atom. The first kappa shape index (κ1) is 39.3. The van der Waals surface area contributed by atoms with Crippen LogP contribution in [0.25, 0.3) is 218 Å². The lowest BCUT2D eigenvalue weighted by molar-refractivity contribution is 0.669. The van der Waals surface area contributed by atoms with Gasteiger partial charge in [0.1, 0.15) is 22.3 Å². The maximum absolute atomic E-state index is 9.53. The van der Waals surface area contributed by atoms with E-state index in [2.05, 4.69) is 36.4 Å². The number of rotatable bonds is 6. The van der Waals surface area contributed by atoms with Gasteiger partial charge in [-0.15, -0.1) is 0 Å². The molecular weight excluding hydrogens is 1230 g/mol. The van der Waals surface area contributed by atoms with E-state index in [1.54, 1.807) is 12.1 Å². The SMILES string of the molecule is [2H]c1c([2H])c([2H])c2c(-c3c4c([2H])c([2H])c([2H])c([2H])c4c(-c4ccc(-c5ccc6c(c5)oc5ccc7ccccc7c56)c5ccccc45)c4c([2H])c([2H])c([2H])c([2H])c34)c([2H])c([2H])c([2H])c2c1[2H].[2H]c1c([2H])c([2H])c2c(-c3ccc(-c4ccc5c(c4)oc4ccc6ccccc6c45)c4ccccc34)c3c([2H])c([2H])c([2H])c([2H])c3c(-c3ccc4ccccc4c3)c2c1[2H]. The van der Waals surface area contributed by atoms with Crippen LogP contribution in [-0.2, 0) is 0 Å². The molecule has 102 heavy (non-hydrogen) atoms. The van der Waals surface area contributed by atoms with Gasteiger partial charge in [-0.1, -0.05) is 321 Å². The van der Waals surface area contributed by atoms with Crippen molar-refractivity contribution in [1.29, 1.82) is 0 Å². The van der Waals surface area contributed by atoms with Crippen LogP contribution in [0.15, 0.2) is 372 Å². The lowest BCUT2D eigenvalue weighted by Gasteiger charge is -2.20. The number of fused-ring (bicyclic) bond motifs is 18. The van der Waals surface area contributed by atoms with Gasteiger partial charge in [0.15, 0.2) is 0 Å². The number of furan rings is 2. The second-order valence-corrected chi connectivity index (χ2v) is 25.4. The van der Waals surface area contributed by atoms with E-state index >= 15 is 0 Å². The van der Waals surface area contributed by atoms with Crippen molar-refractivity contribution in [3.8, 4) is 66.8 Å². The standard InChI is InChI=1S/2C50H30O/c1-3-15-34-31(12-1)14-11-23-39(34)48-40-19-7-9-21-42(40)49(43-22-10-8-20-41(43)48)44-28-27-35(37-17-5-6-18-38(37)44)33-24-26-45-47(30-33)51-46-29-25-32-13-2-4-16-36(32)50(45)46;1-2-13-33-29-35(22-21-31(33)11-1)48-40-17-7-9-19-42(40)49(43-20-10-8-18-41(43)48)44-27-26-36(38-15-5-6-16-39(38)44)34-23-25-45-47(30-34)51-46-28-24-32-12-3-4-14-37(32)50(45)46/h2*1-30H/i1D,3D,7D,8D,9D,10D,11D,12D,14D,15D,19D,20D,21D,22D,23D;7D,8D,9D,10D,17D,18D,19D,20D. The molecular formula is C100H60O2. The van der Waals surface area contributed by atoms with Crippen LogP contribution in [0.1, 0.15) is 31.5 Å².